The Kier molecular flexibility index (Phi) is 6.85. The van der Waals surface area contributed by atoms with E-state index in [0.717, 1.165) is 16.6 Å². The maximum absolute atomic E-state index is 6.20. The molecule has 18 heavy (non-hydrogen) atoms. The van der Waals surface area contributed by atoms with Crippen LogP contribution in [0.4, 0.5) is 0 Å². The summed E-state index contributed by atoms with van der Waals surface area (Å²) in [6.07, 6.45) is 2.25. The van der Waals surface area contributed by atoms with Crippen molar-refractivity contribution in [2.75, 3.05) is 0 Å². The van der Waals surface area contributed by atoms with Crippen molar-refractivity contribution in [3.63, 3.8) is 0 Å². The Balaban J connectivity index is 2.73. The summed E-state index contributed by atoms with van der Waals surface area (Å²) in [7, 11) is 0. The fourth-order valence-electron chi connectivity index (χ4n) is 2.04. The molecule has 0 spiro atoms. The van der Waals surface area contributed by atoms with Crippen LogP contribution < -0.4 is 5.73 Å². The van der Waals surface area contributed by atoms with Crippen LogP contribution >= 0.6 is 27.3 Å². The van der Waals surface area contributed by atoms with Gasteiger partial charge in [-0.15, -0.1) is 11.3 Å². The molecule has 0 radical (unpaired) electrons. The van der Waals surface area contributed by atoms with Crippen molar-refractivity contribution >= 4 is 27.3 Å². The van der Waals surface area contributed by atoms with Gasteiger partial charge < -0.3 is 10.5 Å². The van der Waals surface area contributed by atoms with Gasteiger partial charge in [-0.05, 0) is 53.7 Å². The van der Waals surface area contributed by atoms with Gasteiger partial charge in [0.2, 0.25) is 0 Å². The lowest BCUT2D eigenvalue weighted by Crippen LogP contribution is -2.31. The van der Waals surface area contributed by atoms with E-state index in [1.165, 1.54) is 4.88 Å². The third-order valence-corrected chi connectivity index (χ3v) is 4.60. The van der Waals surface area contributed by atoms with Gasteiger partial charge in [0.25, 0.3) is 0 Å². The van der Waals surface area contributed by atoms with Crippen molar-refractivity contribution < 1.29 is 4.74 Å². The van der Waals surface area contributed by atoms with E-state index in [9.17, 15) is 0 Å². The van der Waals surface area contributed by atoms with Gasteiger partial charge in [0.1, 0.15) is 6.10 Å². The third kappa shape index (κ3) is 5.00. The van der Waals surface area contributed by atoms with E-state index in [4.69, 9.17) is 10.5 Å². The van der Waals surface area contributed by atoms with Crippen LogP contribution in [0.2, 0.25) is 0 Å². The van der Waals surface area contributed by atoms with Gasteiger partial charge in [-0.1, -0.05) is 20.8 Å². The van der Waals surface area contributed by atoms with Gasteiger partial charge in [0, 0.05) is 10.9 Å². The van der Waals surface area contributed by atoms with Gasteiger partial charge in [0.15, 0.2) is 0 Å². The zero-order chi connectivity index (χ0) is 13.7. The van der Waals surface area contributed by atoms with Crippen molar-refractivity contribution in [2.24, 2.45) is 11.7 Å². The predicted octanol–water partition coefficient (Wildman–Crippen LogP) is 4.74. The van der Waals surface area contributed by atoms with Crippen molar-refractivity contribution in [3.05, 3.63) is 20.8 Å². The average molecular weight is 334 g/mol. The highest BCUT2D eigenvalue weighted by Crippen LogP contribution is 2.33. The molecule has 104 valence electrons. The van der Waals surface area contributed by atoms with Crippen LogP contribution in [0, 0.1) is 5.92 Å². The van der Waals surface area contributed by atoms with Gasteiger partial charge in [-0.2, -0.15) is 0 Å². The Labute approximate surface area is 123 Å². The summed E-state index contributed by atoms with van der Waals surface area (Å²) in [5, 5.41) is 0. The molecule has 0 aliphatic heterocycles. The molecule has 0 aliphatic carbocycles. The third-order valence-electron chi connectivity index (χ3n) is 2.92. The van der Waals surface area contributed by atoms with Crippen LogP contribution in [-0.2, 0) is 4.74 Å². The molecule has 3 atom stereocenters. The van der Waals surface area contributed by atoms with Crippen molar-refractivity contribution in [3.8, 4) is 0 Å². The first kappa shape index (κ1) is 16.2. The molecule has 4 heteroatoms. The number of hydrogen-bond acceptors (Lipinski definition) is 3. The monoisotopic (exact) mass is 333 g/mol. The van der Waals surface area contributed by atoms with E-state index in [1.807, 2.05) is 0 Å². The normalized spacial score (nSPS) is 16.8. The topological polar surface area (TPSA) is 35.2 Å². The molecule has 0 fully saturated rings. The molecule has 1 aromatic rings. The SMILES string of the molecule is CCC(N)C(OC(C)CC(C)C)c1ccc(Br)s1. The smallest absolute Gasteiger partial charge is 0.107 e. The van der Waals surface area contributed by atoms with Crippen LogP contribution in [0.15, 0.2) is 15.9 Å². The van der Waals surface area contributed by atoms with E-state index in [0.29, 0.717) is 5.92 Å². The molecular weight excluding hydrogens is 310 g/mol. The van der Waals surface area contributed by atoms with Crippen LogP contribution in [0.25, 0.3) is 0 Å². The van der Waals surface area contributed by atoms with Gasteiger partial charge in [-0.25, -0.2) is 0 Å². The molecule has 0 saturated carbocycles. The molecule has 0 saturated heterocycles. The van der Waals surface area contributed by atoms with Crippen LogP contribution in [0.3, 0.4) is 0 Å². The van der Waals surface area contributed by atoms with E-state index in [2.05, 4.69) is 55.8 Å². The Morgan fingerprint density at radius 2 is 2.00 bits per heavy atom. The van der Waals surface area contributed by atoms with Crippen molar-refractivity contribution in [1.29, 1.82) is 0 Å². The second kappa shape index (κ2) is 7.63. The Bertz CT molecular complexity index is 353. The zero-order valence-corrected chi connectivity index (χ0v) is 14.1. The van der Waals surface area contributed by atoms with E-state index in [-0.39, 0.29) is 18.2 Å². The molecule has 1 rings (SSSR count). The summed E-state index contributed by atoms with van der Waals surface area (Å²) in [6, 6.07) is 4.23. The molecule has 0 amide bonds. The molecule has 0 aliphatic rings. The predicted molar refractivity (Wildman–Crippen MR) is 83.0 cm³/mol. The molecule has 0 aromatic carbocycles. The first-order chi connectivity index (χ1) is 8.43. The summed E-state index contributed by atoms with van der Waals surface area (Å²) >= 11 is 5.21. The highest BCUT2D eigenvalue weighted by atomic mass is 79.9. The average Bonchev–Trinajstić information content (AvgIpc) is 2.70. The summed E-state index contributed by atoms with van der Waals surface area (Å²) < 4.78 is 7.31. The molecule has 1 aromatic heterocycles. The fourth-order valence-corrected chi connectivity index (χ4v) is 3.58. The number of rotatable bonds is 7. The summed E-state index contributed by atoms with van der Waals surface area (Å²) in [5.74, 6) is 0.647. The molecule has 0 bridgehead atoms. The summed E-state index contributed by atoms with van der Waals surface area (Å²) in [4.78, 5) is 1.21. The summed E-state index contributed by atoms with van der Waals surface area (Å²) in [6.45, 7) is 8.68. The number of ether oxygens (including phenoxy) is 1. The minimum Gasteiger partial charge on any atom is -0.368 e. The number of halogens is 1. The molecule has 1 heterocycles. The lowest BCUT2D eigenvalue weighted by atomic mass is 10.0. The molecule has 3 unspecified atom stereocenters. The number of thiophene rings is 1. The zero-order valence-electron chi connectivity index (χ0n) is 11.7. The Morgan fingerprint density at radius 3 is 2.44 bits per heavy atom. The molecular formula is C14H24BrNOS. The quantitative estimate of drug-likeness (QED) is 0.782. The molecule has 2 N–H and O–H groups in total. The van der Waals surface area contributed by atoms with Crippen molar-refractivity contribution in [2.45, 2.75) is 58.8 Å². The largest absolute Gasteiger partial charge is 0.368 e. The second-order valence-electron chi connectivity index (χ2n) is 5.21. The lowest BCUT2D eigenvalue weighted by Gasteiger charge is -2.27. The Hall–Kier alpha value is 0.1000. The van der Waals surface area contributed by atoms with E-state index in [1.54, 1.807) is 11.3 Å². The standard InChI is InChI=1S/C14H24BrNOS/c1-5-11(16)14(12-6-7-13(15)18-12)17-10(4)8-9(2)3/h6-7,9-11,14H,5,8,16H2,1-4H3. The van der Waals surface area contributed by atoms with E-state index >= 15 is 0 Å². The van der Waals surface area contributed by atoms with Gasteiger partial charge >= 0.3 is 0 Å². The minimum atomic E-state index is 0.0139. The Morgan fingerprint density at radius 1 is 1.33 bits per heavy atom. The maximum Gasteiger partial charge on any atom is 0.107 e. The van der Waals surface area contributed by atoms with Crippen LogP contribution in [-0.4, -0.2) is 12.1 Å². The van der Waals surface area contributed by atoms with Crippen LogP contribution in [0.5, 0.6) is 0 Å². The number of hydrogen-bond donors (Lipinski definition) is 1. The second-order valence-corrected chi connectivity index (χ2v) is 7.71. The fraction of sp³-hybridized carbons (Fsp3) is 0.714. The van der Waals surface area contributed by atoms with E-state index < -0.39 is 0 Å². The first-order valence-corrected chi connectivity index (χ1v) is 8.21. The molecule has 2 nitrogen and oxygen atoms in total. The summed E-state index contributed by atoms with van der Waals surface area (Å²) in [5.41, 5.74) is 6.20. The van der Waals surface area contributed by atoms with Crippen LogP contribution in [0.1, 0.15) is 51.5 Å². The number of nitrogens with two attached hydrogens (primary N) is 1. The van der Waals surface area contributed by atoms with Gasteiger partial charge in [-0.3, -0.25) is 0 Å². The minimum absolute atomic E-state index is 0.0139. The first-order valence-electron chi connectivity index (χ1n) is 6.60. The van der Waals surface area contributed by atoms with Gasteiger partial charge in [0.05, 0.1) is 9.89 Å². The maximum atomic E-state index is 6.20. The highest BCUT2D eigenvalue weighted by Gasteiger charge is 2.23. The highest BCUT2D eigenvalue weighted by molar-refractivity contribution is 9.11. The lowest BCUT2D eigenvalue weighted by molar-refractivity contribution is -0.0252. The van der Waals surface area contributed by atoms with Crippen molar-refractivity contribution in [1.82, 2.24) is 0 Å².